The van der Waals surface area contributed by atoms with Gasteiger partial charge in [0, 0.05) is 24.7 Å². The average Bonchev–Trinajstić information content (AvgIpc) is 2.78. The fourth-order valence-corrected chi connectivity index (χ4v) is 3.29. The summed E-state index contributed by atoms with van der Waals surface area (Å²) in [5.41, 5.74) is 0.637. The molecule has 0 aliphatic carbocycles. The molecule has 0 aromatic heterocycles. The van der Waals surface area contributed by atoms with E-state index in [4.69, 9.17) is 14.2 Å². The predicted octanol–water partition coefficient (Wildman–Crippen LogP) is 2.50. The van der Waals surface area contributed by atoms with Crippen LogP contribution in [-0.2, 0) is 4.79 Å². The highest BCUT2D eigenvalue weighted by molar-refractivity contribution is 5.94. The molecule has 2 aromatic rings. The number of methoxy groups -OCH3 is 2. The first-order valence-corrected chi connectivity index (χ1v) is 9.59. The fourth-order valence-electron chi connectivity index (χ4n) is 3.29. The SMILES string of the molecule is COc1ccc(C(=O)N2CCC(NC(=O)COc3ccccc3OC)CC2)cc1. The second-order valence-electron chi connectivity index (χ2n) is 6.80. The second kappa shape index (κ2) is 9.82. The second-order valence-corrected chi connectivity index (χ2v) is 6.80. The van der Waals surface area contributed by atoms with Gasteiger partial charge in [0.25, 0.3) is 11.8 Å². The van der Waals surface area contributed by atoms with Crippen LogP contribution in [0.1, 0.15) is 23.2 Å². The van der Waals surface area contributed by atoms with E-state index in [0.717, 1.165) is 5.75 Å². The highest BCUT2D eigenvalue weighted by Gasteiger charge is 2.24. The van der Waals surface area contributed by atoms with Crippen LogP contribution in [0.25, 0.3) is 0 Å². The Morgan fingerprint density at radius 2 is 1.62 bits per heavy atom. The number of carbonyl (C=O) groups is 2. The van der Waals surface area contributed by atoms with Crippen molar-refractivity contribution in [1.82, 2.24) is 10.2 Å². The third-order valence-corrected chi connectivity index (χ3v) is 4.91. The smallest absolute Gasteiger partial charge is 0.258 e. The molecule has 1 aliphatic heterocycles. The highest BCUT2D eigenvalue weighted by Crippen LogP contribution is 2.25. The van der Waals surface area contributed by atoms with Crippen molar-refractivity contribution < 1.29 is 23.8 Å². The molecule has 1 aliphatic rings. The molecule has 3 rings (SSSR count). The molecular weight excluding hydrogens is 372 g/mol. The summed E-state index contributed by atoms with van der Waals surface area (Å²) >= 11 is 0. The molecule has 0 atom stereocenters. The van der Waals surface area contributed by atoms with Crippen molar-refractivity contribution in [2.24, 2.45) is 0 Å². The van der Waals surface area contributed by atoms with Gasteiger partial charge in [0.15, 0.2) is 18.1 Å². The third-order valence-electron chi connectivity index (χ3n) is 4.91. The van der Waals surface area contributed by atoms with Gasteiger partial charge in [-0.25, -0.2) is 0 Å². The maximum atomic E-state index is 12.6. The van der Waals surface area contributed by atoms with Gasteiger partial charge >= 0.3 is 0 Å². The summed E-state index contributed by atoms with van der Waals surface area (Å²) in [5.74, 6) is 1.65. The van der Waals surface area contributed by atoms with Crippen molar-refractivity contribution in [2.45, 2.75) is 18.9 Å². The Morgan fingerprint density at radius 3 is 2.24 bits per heavy atom. The van der Waals surface area contributed by atoms with Crippen molar-refractivity contribution in [3.05, 3.63) is 54.1 Å². The molecule has 29 heavy (non-hydrogen) atoms. The molecule has 154 valence electrons. The first kappa shape index (κ1) is 20.5. The number of benzene rings is 2. The van der Waals surface area contributed by atoms with E-state index in [1.165, 1.54) is 0 Å². The van der Waals surface area contributed by atoms with Crippen LogP contribution in [-0.4, -0.2) is 56.7 Å². The number of piperidine rings is 1. The number of hydrogen-bond donors (Lipinski definition) is 1. The van der Waals surface area contributed by atoms with Crippen LogP contribution < -0.4 is 19.5 Å². The quantitative estimate of drug-likeness (QED) is 0.776. The van der Waals surface area contributed by atoms with Gasteiger partial charge in [0.05, 0.1) is 14.2 Å². The average molecular weight is 398 g/mol. The number of nitrogens with zero attached hydrogens (tertiary/aromatic N) is 1. The van der Waals surface area contributed by atoms with Gasteiger partial charge in [0.1, 0.15) is 5.75 Å². The molecule has 0 saturated carbocycles. The van der Waals surface area contributed by atoms with Crippen LogP contribution in [0.3, 0.4) is 0 Å². The van der Waals surface area contributed by atoms with Crippen LogP contribution >= 0.6 is 0 Å². The Balaban J connectivity index is 1.44. The summed E-state index contributed by atoms with van der Waals surface area (Å²) in [7, 11) is 3.15. The topological polar surface area (TPSA) is 77.1 Å². The monoisotopic (exact) mass is 398 g/mol. The van der Waals surface area contributed by atoms with E-state index in [9.17, 15) is 9.59 Å². The van der Waals surface area contributed by atoms with Gasteiger partial charge < -0.3 is 24.4 Å². The van der Waals surface area contributed by atoms with E-state index in [-0.39, 0.29) is 24.5 Å². The molecular formula is C22H26N2O5. The zero-order valence-corrected chi connectivity index (χ0v) is 16.7. The van der Waals surface area contributed by atoms with E-state index < -0.39 is 0 Å². The number of rotatable bonds is 7. The maximum absolute atomic E-state index is 12.6. The molecule has 0 unspecified atom stereocenters. The molecule has 1 N–H and O–H groups in total. The van der Waals surface area contributed by atoms with Crippen LogP contribution in [0.5, 0.6) is 17.2 Å². The molecule has 0 radical (unpaired) electrons. The van der Waals surface area contributed by atoms with Gasteiger partial charge in [-0.15, -0.1) is 0 Å². The number of carbonyl (C=O) groups excluding carboxylic acids is 2. The first-order chi connectivity index (χ1) is 14.1. The van der Waals surface area contributed by atoms with Crippen molar-refractivity contribution in [2.75, 3.05) is 33.9 Å². The highest BCUT2D eigenvalue weighted by atomic mass is 16.5. The molecule has 1 heterocycles. The minimum absolute atomic E-state index is 0.00284. The minimum Gasteiger partial charge on any atom is -0.497 e. The standard InChI is InChI=1S/C22H26N2O5/c1-27-18-9-7-16(8-10-18)22(26)24-13-11-17(12-14-24)23-21(25)15-29-20-6-4-3-5-19(20)28-2/h3-10,17H,11-15H2,1-2H3,(H,23,25). The molecule has 0 spiro atoms. The number of para-hydroxylation sites is 2. The van der Waals surface area contributed by atoms with Crippen molar-refractivity contribution in [3.8, 4) is 17.2 Å². The molecule has 1 fully saturated rings. The molecule has 7 heteroatoms. The van der Waals surface area contributed by atoms with Crippen molar-refractivity contribution in [3.63, 3.8) is 0 Å². The molecule has 2 amide bonds. The van der Waals surface area contributed by atoms with E-state index in [1.54, 1.807) is 50.6 Å². The van der Waals surface area contributed by atoms with Gasteiger partial charge in [-0.2, -0.15) is 0 Å². The van der Waals surface area contributed by atoms with E-state index in [1.807, 2.05) is 17.0 Å². The lowest BCUT2D eigenvalue weighted by atomic mass is 10.0. The van der Waals surface area contributed by atoms with Crippen LogP contribution in [0.15, 0.2) is 48.5 Å². The predicted molar refractivity (Wildman–Crippen MR) is 109 cm³/mol. The lowest BCUT2D eigenvalue weighted by Gasteiger charge is -2.32. The Morgan fingerprint density at radius 1 is 0.966 bits per heavy atom. The Hall–Kier alpha value is -3.22. The number of amides is 2. The zero-order chi connectivity index (χ0) is 20.6. The normalized spacial score (nSPS) is 14.2. The summed E-state index contributed by atoms with van der Waals surface area (Å²) in [5, 5.41) is 2.98. The molecule has 1 saturated heterocycles. The van der Waals surface area contributed by atoms with Crippen molar-refractivity contribution >= 4 is 11.8 Å². The number of ether oxygens (including phenoxy) is 3. The maximum Gasteiger partial charge on any atom is 0.258 e. The van der Waals surface area contributed by atoms with E-state index in [0.29, 0.717) is 43.0 Å². The fraction of sp³-hybridized carbons (Fsp3) is 0.364. The Labute approximate surface area is 170 Å². The third kappa shape index (κ3) is 5.40. The summed E-state index contributed by atoms with van der Waals surface area (Å²) in [6, 6.07) is 14.3. The summed E-state index contributed by atoms with van der Waals surface area (Å²) in [6.45, 7) is 1.12. The van der Waals surface area contributed by atoms with Gasteiger partial charge in [-0.1, -0.05) is 12.1 Å². The summed E-state index contributed by atoms with van der Waals surface area (Å²) < 4.78 is 15.9. The van der Waals surface area contributed by atoms with E-state index >= 15 is 0 Å². The molecule has 2 aromatic carbocycles. The lowest BCUT2D eigenvalue weighted by molar-refractivity contribution is -0.124. The van der Waals surface area contributed by atoms with Crippen LogP contribution in [0.2, 0.25) is 0 Å². The van der Waals surface area contributed by atoms with Crippen molar-refractivity contribution in [1.29, 1.82) is 0 Å². The van der Waals surface area contributed by atoms with Gasteiger partial charge in [-0.05, 0) is 49.2 Å². The Bertz CT molecular complexity index is 829. The Kier molecular flexibility index (Phi) is 6.94. The largest absolute Gasteiger partial charge is 0.497 e. The van der Waals surface area contributed by atoms with Gasteiger partial charge in [0.2, 0.25) is 0 Å². The van der Waals surface area contributed by atoms with Crippen LogP contribution in [0, 0.1) is 0 Å². The number of likely N-dealkylation sites (tertiary alicyclic amines) is 1. The number of hydrogen-bond acceptors (Lipinski definition) is 5. The minimum atomic E-state index is -0.184. The number of nitrogens with one attached hydrogen (secondary N) is 1. The van der Waals surface area contributed by atoms with Gasteiger partial charge in [-0.3, -0.25) is 9.59 Å². The summed E-state index contributed by atoms with van der Waals surface area (Å²) in [6.07, 6.45) is 1.42. The summed E-state index contributed by atoms with van der Waals surface area (Å²) in [4.78, 5) is 26.6. The van der Waals surface area contributed by atoms with Crippen LogP contribution in [0.4, 0.5) is 0 Å². The first-order valence-electron chi connectivity index (χ1n) is 9.59. The molecule has 0 bridgehead atoms. The zero-order valence-electron chi connectivity index (χ0n) is 16.7. The van der Waals surface area contributed by atoms with E-state index in [2.05, 4.69) is 5.32 Å². The molecule has 7 nitrogen and oxygen atoms in total. The lowest BCUT2D eigenvalue weighted by Crippen LogP contribution is -2.47.